The largest absolute Gasteiger partial charge is 0.341 e. The van der Waals surface area contributed by atoms with Crippen molar-refractivity contribution in [3.63, 3.8) is 0 Å². The number of hydrogen-bond donors (Lipinski definition) is 0. The highest BCUT2D eigenvalue weighted by Crippen LogP contribution is 2.28. The molecule has 6 nitrogen and oxygen atoms in total. The molecule has 2 fully saturated rings. The monoisotopic (exact) mass is 447 g/mol. The second-order valence-electron chi connectivity index (χ2n) is 9.30. The molecule has 2 aliphatic heterocycles. The first-order chi connectivity index (χ1) is 16.0. The van der Waals surface area contributed by atoms with E-state index in [-0.39, 0.29) is 35.6 Å². The predicted octanol–water partition coefficient (Wildman–Crippen LogP) is 3.14. The summed E-state index contributed by atoms with van der Waals surface area (Å²) in [5, 5.41) is 0. The van der Waals surface area contributed by atoms with Crippen LogP contribution in [0.3, 0.4) is 0 Å². The van der Waals surface area contributed by atoms with Crippen molar-refractivity contribution in [3.05, 3.63) is 71.8 Å². The summed E-state index contributed by atoms with van der Waals surface area (Å²) in [5.41, 5.74) is 1.95. The van der Waals surface area contributed by atoms with Crippen molar-refractivity contribution in [3.8, 4) is 0 Å². The number of benzene rings is 2. The SMILES string of the molecule is CC(C)N1CC(C(=O)N2CCCN(C(=O)C(c3ccccc3)c3ccccc3)CC2)CC1=O. The third-order valence-corrected chi connectivity index (χ3v) is 6.76. The van der Waals surface area contributed by atoms with Gasteiger partial charge in [-0.3, -0.25) is 14.4 Å². The van der Waals surface area contributed by atoms with E-state index >= 15 is 0 Å². The van der Waals surface area contributed by atoms with Gasteiger partial charge in [-0.2, -0.15) is 0 Å². The van der Waals surface area contributed by atoms with Gasteiger partial charge in [-0.25, -0.2) is 0 Å². The van der Waals surface area contributed by atoms with Gasteiger partial charge in [-0.15, -0.1) is 0 Å². The summed E-state index contributed by atoms with van der Waals surface area (Å²) in [6.45, 7) is 6.73. The fourth-order valence-electron chi connectivity index (χ4n) is 4.96. The zero-order chi connectivity index (χ0) is 23.4. The number of rotatable bonds is 5. The quantitative estimate of drug-likeness (QED) is 0.708. The maximum atomic E-state index is 13.7. The van der Waals surface area contributed by atoms with Gasteiger partial charge in [0, 0.05) is 45.2 Å². The van der Waals surface area contributed by atoms with E-state index in [1.54, 1.807) is 4.90 Å². The lowest BCUT2D eigenvalue weighted by molar-refractivity contribution is -0.136. The Kier molecular flexibility index (Phi) is 7.11. The molecule has 33 heavy (non-hydrogen) atoms. The molecule has 4 rings (SSSR count). The topological polar surface area (TPSA) is 60.9 Å². The molecule has 2 aromatic rings. The van der Waals surface area contributed by atoms with Crippen molar-refractivity contribution in [2.24, 2.45) is 5.92 Å². The summed E-state index contributed by atoms with van der Waals surface area (Å²) in [5.74, 6) is -0.457. The summed E-state index contributed by atoms with van der Waals surface area (Å²) in [6, 6.07) is 19.9. The second kappa shape index (κ2) is 10.2. The number of amides is 3. The van der Waals surface area contributed by atoms with E-state index < -0.39 is 0 Å². The molecule has 0 spiro atoms. The van der Waals surface area contributed by atoms with Gasteiger partial charge in [0.15, 0.2) is 0 Å². The molecule has 0 aromatic heterocycles. The van der Waals surface area contributed by atoms with Crippen LogP contribution in [-0.2, 0) is 14.4 Å². The Hall–Kier alpha value is -3.15. The third kappa shape index (κ3) is 5.10. The summed E-state index contributed by atoms with van der Waals surface area (Å²) in [7, 11) is 0. The summed E-state index contributed by atoms with van der Waals surface area (Å²) >= 11 is 0. The van der Waals surface area contributed by atoms with Gasteiger partial charge in [-0.05, 0) is 31.4 Å². The number of hydrogen-bond acceptors (Lipinski definition) is 3. The van der Waals surface area contributed by atoms with Crippen LogP contribution in [0.5, 0.6) is 0 Å². The molecule has 2 aliphatic rings. The molecule has 0 radical (unpaired) electrons. The maximum absolute atomic E-state index is 13.7. The minimum atomic E-state index is -0.360. The predicted molar refractivity (Wildman–Crippen MR) is 127 cm³/mol. The Bertz CT molecular complexity index is 937. The Labute approximate surface area is 196 Å². The van der Waals surface area contributed by atoms with Crippen molar-refractivity contribution < 1.29 is 14.4 Å². The third-order valence-electron chi connectivity index (χ3n) is 6.76. The number of nitrogens with zero attached hydrogens (tertiary/aromatic N) is 3. The molecule has 2 heterocycles. The molecule has 0 aliphatic carbocycles. The number of carbonyl (C=O) groups excluding carboxylic acids is 3. The van der Waals surface area contributed by atoms with Crippen LogP contribution in [0.2, 0.25) is 0 Å². The molecule has 0 N–H and O–H groups in total. The first kappa shape index (κ1) is 23.0. The summed E-state index contributed by atoms with van der Waals surface area (Å²) in [4.78, 5) is 44.7. The van der Waals surface area contributed by atoms with E-state index in [1.165, 1.54) is 0 Å². The van der Waals surface area contributed by atoms with E-state index in [9.17, 15) is 14.4 Å². The highest BCUT2D eigenvalue weighted by atomic mass is 16.2. The Morgan fingerprint density at radius 1 is 0.818 bits per heavy atom. The molecule has 2 saturated heterocycles. The van der Waals surface area contributed by atoms with Crippen LogP contribution < -0.4 is 0 Å². The summed E-state index contributed by atoms with van der Waals surface area (Å²) < 4.78 is 0. The Morgan fingerprint density at radius 3 is 1.91 bits per heavy atom. The van der Waals surface area contributed by atoms with E-state index in [2.05, 4.69) is 0 Å². The molecular formula is C27H33N3O3. The normalized spacial score (nSPS) is 19.3. The van der Waals surface area contributed by atoms with Crippen LogP contribution in [0.25, 0.3) is 0 Å². The van der Waals surface area contributed by atoms with E-state index in [1.807, 2.05) is 84.3 Å². The Morgan fingerprint density at radius 2 is 1.36 bits per heavy atom. The van der Waals surface area contributed by atoms with Gasteiger partial charge in [0.2, 0.25) is 17.7 Å². The second-order valence-corrected chi connectivity index (χ2v) is 9.30. The van der Waals surface area contributed by atoms with Crippen molar-refractivity contribution in [2.45, 2.75) is 38.6 Å². The zero-order valence-corrected chi connectivity index (χ0v) is 19.5. The van der Waals surface area contributed by atoms with Crippen molar-refractivity contribution >= 4 is 17.7 Å². The van der Waals surface area contributed by atoms with E-state index in [0.717, 1.165) is 17.5 Å². The molecular weight excluding hydrogens is 414 g/mol. The minimum absolute atomic E-state index is 0.0449. The standard InChI is InChI=1S/C27H33N3O3/c1-20(2)30-19-23(18-24(30)31)26(32)28-14-9-15-29(17-16-28)27(33)25(21-10-5-3-6-11-21)22-12-7-4-8-13-22/h3-8,10-13,20,23,25H,9,14-19H2,1-2H3. The van der Waals surface area contributed by atoms with E-state index in [4.69, 9.17) is 0 Å². The van der Waals surface area contributed by atoms with Gasteiger partial charge in [0.05, 0.1) is 11.8 Å². The molecule has 0 bridgehead atoms. The van der Waals surface area contributed by atoms with Crippen LogP contribution in [-0.4, -0.2) is 71.2 Å². The van der Waals surface area contributed by atoms with E-state index in [0.29, 0.717) is 39.1 Å². The van der Waals surface area contributed by atoms with Crippen molar-refractivity contribution in [1.82, 2.24) is 14.7 Å². The van der Waals surface area contributed by atoms with Gasteiger partial charge in [0.1, 0.15) is 0 Å². The highest BCUT2D eigenvalue weighted by Gasteiger charge is 2.38. The average Bonchev–Trinajstić information content (AvgIpc) is 3.06. The van der Waals surface area contributed by atoms with Crippen LogP contribution in [0, 0.1) is 5.92 Å². The number of carbonyl (C=O) groups is 3. The van der Waals surface area contributed by atoms with Gasteiger partial charge >= 0.3 is 0 Å². The van der Waals surface area contributed by atoms with Crippen LogP contribution in [0.1, 0.15) is 43.7 Å². The zero-order valence-electron chi connectivity index (χ0n) is 19.5. The fourth-order valence-corrected chi connectivity index (χ4v) is 4.96. The molecule has 6 heteroatoms. The molecule has 0 saturated carbocycles. The molecule has 1 unspecified atom stereocenters. The van der Waals surface area contributed by atoms with Crippen LogP contribution in [0.15, 0.2) is 60.7 Å². The van der Waals surface area contributed by atoms with Crippen molar-refractivity contribution in [1.29, 1.82) is 0 Å². The smallest absolute Gasteiger partial charge is 0.234 e. The summed E-state index contributed by atoms with van der Waals surface area (Å²) in [6.07, 6.45) is 1.03. The Balaban J connectivity index is 1.46. The molecule has 3 amide bonds. The van der Waals surface area contributed by atoms with Gasteiger partial charge < -0.3 is 14.7 Å². The molecule has 2 aromatic carbocycles. The molecule has 174 valence electrons. The average molecular weight is 448 g/mol. The first-order valence-corrected chi connectivity index (χ1v) is 11.9. The highest BCUT2D eigenvalue weighted by molar-refractivity contribution is 5.90. The van der Waals surface area contributed by atoms with Crippen LogP contribution in [0.4, 0.5) is 0 Å². The van der Waals surface area contributed by atoms with Gasteiger partial charge in [-0.1, -0.05) is 60.7 Å². The lowest BCUT2D eigenvalue weighted by Gasteiger charge is -2.28. The lowest BCUT2D eigenvalue weighted by atomic mass is 9.90. The van der Waals surface area contributed by atoms with Crippen molar-refractivity contribution in [2.75, 3.05) is 32.7 Å². The van der Waals surface area contributed by atoms with Gasteiger partial charge in [0.25, 0.3) is 0 Å². The number of likely N-dealkylation sites (tertiary alicyclic amines) is 1. The fraction of sp³-hybridized carbons (Fsp3) is 0.444. The minimum Gasteiger partial charge on any atom is -0.341 e. The first-order valence-electron chi connectivity index (χ1n) is 11.9. The lowest BCUT2D eigenvalue weighted by Crippen LogP contribution is -2.42. The van der Waals surface area contributed by atoms with Crippen LogP contribution >= 0.6 is 0 Å². The maximum Gasteiger partial charge on any atom is 0.234 e. The molecule has 1 atom stereocenters.